The monoisotopic (exact) mass is 403 g/mol. The number of methoxy groups -OCH3 is 1. The van der Waals surface area contributed by atoms with Crippen LogP contribution in [-0.2, 0) is 15.1 Å². The zero-order valence-corrected chi connectivity index (χ0v) is 15.1. The van der Waals surface area contributed by atoms with Crippen LogP contribution in [0.5, 0.6) is 5.75 Å². The number of thiophene rings is 1. The molecule has 146 valence electrons. The highest BCUT2D eigenvalue weighted by Crippen LogP contribution is 2.42. The largest absolute Gasteiger partial charge is 0.495 e. The number of benzene rings is 1. The maximum Gasteiger partial charge on any atom is 0.432 e. The van der Waals surface area contributed by atoms with Gasteiger partial charge in [0.1, 0.15) is 5.75 Å². The fourth-order valence-corrected chi connectivity index (χ4v) is 2.86. The number of nitrogens with one attached hydrogen (secondary N) is 1. The number of carbonyl (C=O) groups excluding carboxylic acids is 2. The highest BCUT2D eigenvalue weighted by Gasteiger charge is 2.62. The summed E-state index contributed by atoms with van der Waals surface area (Å²) in [5.74, 6) is -2.49. The van der Waals surface area contributed by atoms with Crippen molar-refractivity contribution in [3.05, 3.63) is 46.2 Å². The number of ether oxygens (including phenoxy) is 2. The van der Waals surface area contributed by atoms with Gasteiger partial charge in [-0.25, -0.2) is 4.79 Å². The number of halogens is 3. The SMILES string of the molecule is CCOC(=O)[C@@](O)(c1ccc(NC(=O)c2cccs2)c(OC)c1)C(F)(F)F. The maximum absolute atomic E-state index is 13.4. The molecule has 2 aromatic rings. The van der Waals surface area contributed by atoms with Crippen molar-refractivity contribution in [2.24, 2.45) is 0 Å². The molecular formula is C17H16F3NO5S. The van der Waals surface area contributed by atoms with Crippen molar-refractivity contribution in [3.8, 4) is 5.75 Å². The standard InChI is InChI=1S/C17H16F3NO5S/c1-3-26-15(23)16(24,17(18,19)20)10-6-7-11(12(9-10)25-2)21-14(22)13-5-4-8-27-13/h4-9,24H,3H2,1-2H3,(H,21,22)/t16-/m0/s1. The van der Waals surface area contributed by atoms with Crippen LogP contribution in [0.25, 0.3) is 0 Å². The van der Waals surface area contributed by atoms with Gasteiger partial charge in [0, 0.05) is 5.56 Å². The van der Waals surface area contributed by atoms with E-state index in [9.17, 15) is 27.9 Å². The molecule has 0 unspecified atom stereocenters. The predicted octanol–water partition coefficient (Wildman–Crippen LogP) is 3.32. The third kappa shape index (κ3) is 4.06. The lowest BCUT2D eigenvalue weighted by molar-refractivity contribution is -0.267. The molecule has 0 saturated heterocycles. The van der Waals surface area contributed by atoms with Gasteiger partial charge in [0.25, 0.3) is 11.5 Å². The number of alkyl halides is 3. The third-order valence-corrected chi connectivity index (χ3v) is 4.46. The van der Waals surface area contributed by atoms with Crippen LogP contribution in [0.4, 0.5) is 18.9 Å². The molecule has 0 fully saturated rings. The Morgan fingerprint density at radius 1 is 1.26 bits per heavy atom. The quantitative estimate of drug-likeness (QED) is 0.723. The number of hydrogen-bond acceptors (Lipinski definition) is 6. The molecule has 2 N–H and O–H groups in total. The second kappa shape index (κ2) is 7.97. The molecule has 6 nitrogen and oxygen atoms in total. The molecule has 1 atom stereocenters. The molecule has 0 bridgehead atoms. The van der Waals surface area contributed by atoms with E-state index in [2.05, 4.69) is 10.1 Å². The van der Waals surface area contributed by atoms with Crippen LogP contribution in [0.15, 0.2) is 35.7 Å². The molecule has 1 amide bonds. The first kappa shape index (κ1) is 20.7. The van der Waals surface area contributed by atoms with Crippen molar-refractivity contribution in [1.82, 2.24) is 0 Å². The maximum atomic E-state index is 13.4. The Kier molecular flexibility index (Phi) is 6.11. The van der Waals surface area contributed by atoms with Gasteiger partial charge in [-0.3, -0.25) is 4.79 Å². The Morgan fingerprint density at radius 3 is 2.48 bits per heavy atom. The molecule has 27 heavy (non-hydrogen) atoms. The summed E-state index contributed by atoms with van der Waals surface area (Å²) >= 11 is 1.18. The summed E-state index contributed by atoms with van der Waals surface area (Å²) in [7, 11) is 1.18. The number of amides is 1. The second-order valence-corrected chi connectivity index (χ2v) is 6.22. The lowest BCUT2D eigenvalue weighted by atomic mass is 9.92. The fourth-order valence-electron chi connectivity index (χ4n) is 2.24. The number of carbonyl (C=O) groups is 2. The smallest absolute Gasteiger partial charge is 0.432 e. The zero-order valence-electron chi connectivity index (χ0n) is 14.3. The fraction of sp³-hybridized carbons (Fsp3) is 0.294. The van der Waals surface area contributed by atoms with Gasteiger partial charge in [-0.1, -0.05) is 12.1 Å². The Labute approximate surface area is 156 Å². The summed E-state index contributed by atoms with van der Waals surface area (Å²) < 4.78 is 49.7. The van der Waals surface area contributed by atoms with Gasteiger partial charge in [-0.05, 0) is 30.5 Å². The minimum Gasteiger partial charge on any atom is -0.495 e. The molecule has 0 saturated carbocycles. The van der Waals surface area contributed by atoms with E-state index in [-0.39, 0.29) is 18.0 Å². The first-order chi connectivity index (χ1) is 12.6. The summed E-state index contributed by atoms with van der Waals surface area (Å²) in [4.78, 5) is 24.3. The zero-order chi connectivity index (χ0) is 20.2. The van der Waals surface area contributed by atoms with Crippen LogP contribution in [-0.4, -0.2) is 36.9 Å². The number of anilines is 1. The van der Waals surface area contributed by atoms with E-state index < -0.39 is 29.2 Å². The molecule has 1 heterocycles. The Morgan fingerprint density at radius 2 is 1.96 bits per heavy atom. The van der Waals surface area contributed by atoms with Gasteiger partial charge in [0.2, 0.25) is 0 Å². The van der Waals surface area contributed by atoms with Gasteiger partial charge in [0.05, 0.1) is 24.3 Å². The second-order valence-electron chi connectivity index (χ2n) is 5.28. The van der Waals surface area contributed by atoms with Crippen LogP contribution in [0.1, 0.15) is 22.2 Å². The number of esters is 1. The van der Waals surface area contributed by atoms with Crippen LogP contribution in [0, 0.1) is 0 Å². The highest BCUT2D eigenvalue weighted by molar-refractivity contribution is 7.12. The molecular weight excluding hydrogens is 387 g/mol. The van der Waals surface area contributed by atoms with Crippen molar-refractivity contribution in [1.29, 1.82) is 0 Å². The Hall–Kier alpha value is -2.59. The predicted molar refractivity (Wildman–Crippen MR) is 91.9 cm³/mol. The van der Waals surface area contributed by atoms with Crippen LogP contribution < -0.4 is 10.1 Å². The first-order valence-electron chi connectivity index (χ1n) is 7.64. The normalized spacial score (nSPS) is 13.6. The van der Waals surface area contributed by atoms with Crippen LogP contribution in [0.3, 0.4) is 0 Å². The summed E-state index contributed by atoms with van der Waals surface area (Å²) in [5, 5.41) is 14.3. The van der Waals surface area contributed by atoms with Gasteiger partial charge in [-0.2, -0.15) is 13.2 Å². The van der Waals surface area contributed by atoms with E-state index in [1.807, 2.05) is 0 Å². The summed E-state index contributed by atoms with van der Waals surface area (Å²) in [6.07, 6.45) is -5.33. The van der Waals surface area contributed by atoms with Crippen LogP contribution in [0.2, 0.25) is 0 Å². The molecule has 0 aliphatic rings. The lowest BCUT2D eigenvalue weighted by Gasteiger charge is -2.29. The van der Waals surface area contributed by atoms with E-state index >= 15 is 0 Å². The summed E-state index contributed by atoms with van der Waals surface area (Å²) in [6, 6.07) is 6.05. The van der Waals surface area contributed by atoms with Crippen LogP contribution >= 0.6 is 11.3 Å². The molecule has 0 aliphatic carbocycles. The number of rotatable bonds is 6. The van der Waals surface area contributed by atoms with Crippen molar-refractivity contribution in [2.45, 2.75) is 18.7 Å². The van der Waals surface area contributed by atoms with Crippen molar-refractivity contribution in [2.75, 3.05) is 19.0 Å². The molecule has 0 spiro atoms. The molecule has 1 aromatic carbocycles. The Balaban J connectivity index is 2.43. The molecule has 1 aromatic heterocycles. The minimum atomic E-state index is -5.33. The molecule has 10 heteroatoms. The average molecular weight is 403 g/mol. The highest BCUT2D eigenvalue weighted by atomic mass is 32.1. The minimum absolute atomic E-state index is 0.0769. The van der Waals surface area contributed by atoms with Gasteiger partial charge in [-0.15, -0.1) is 11.3 Å². The third-order valence-electron chi connectivity index (χ3n) is 3.59. The van der Waals surface area contributed by atoms with Crippen molar-refractivity contribution in [3.63, 3.8) is 0 Å². The van der Waals surface area contributed by atoms with E-state index in [4.69, 9.17) is 4.74 Å². The summed E-state index contributed by atoms with van der Waals surface area (Å²) in [5.41, 5.74) is -4.58. The van der Waals surface area contributed by atoms with Crippen molar-refractivity contribution < 1.29 is 37.3 Å². The van der Waals surface area contributed by atoms with E-state index in [1.54, 1.807) is 17.5 Å². The van der Waals surface area contributed by atoms with Gasteiger partial charge >= 0.3 is 12.1 Å². The van der Waals surface area contributed by atoms with Gasteiger partial charge in [0.15, 0.2) is 0 Å². The van der Waals surface area contributed by atoms with Gasteiger partial charge < -0.3 is 19.9 Å². The first-order valence-corrected chi connectivity index (χ1v) is 8.52. The average Bonchev–Trinajstić information content (AvgIpc) is 3.15. The molecule has 0 radical (unpaired) electrons. The van der Waals surface area contributed by atoms with E-state index in [0.29, 0.717) is 4.88 Å². The lowest BCUT2D eigenvalue weighted by Crippen LogP contribution is -2.50. The number of aliphatic hydroxyl groups is 1. The Bertz CT molecular complexity index is 822. The molecule has 0 aliphatic heterocycles. The topological polar surface area (TPSA) is 84.9 Å². The van der Waals surface area contributed by atoms with Crippen molar-refractivity contribution >= 4 is 28.9 Å². The number of hydrogen-bond donors (Lipinski definition) is 2. The molecule has 2 rings (SSSR count). The van der Waals surface area contributed by atoms with E-state index in [1.165, 1.54) is 25.4 Å². The van der Waals surface area contributed by atoms with E-state index in [0.717, 1.165) is 18.2 Å². The summed E-state index contributed by atoms with van der Waals surface area (Å²) in [6.45, 7) is 0.974.